The first kappa shape index (κ1) is 17.6. The first-order valence-corrected chi connectivity index (χ1v) is 9.00. The Kier molecular flexibility index (Phi) is 4.59. The second kappa shape index (κ2) is 7.06. The summed E-state index contributed by atoms with van der Waals surface area (Å²) in [6.45, 7) is 2.96. The number of nitrogens with zero attached hydrogens (tertiary/aromatic N) is 1. The number of para-hydroxylation sites is 2. The molecule has 0 unspecified atom stereocenters. The first-order valence-electron chi connectivity index (χ1n) is 9.00. The van der Waals surface area contributed by atoms with Gasteiger partial charge in [0.2, 0.25) is 6.10 Å². The number of nitrogens with one attached hydrogen (secondary N) is 1. The lowest BCUT2D eigenvalue weighted by atomic mass is 10.1. The van der Waals surface area contributed by atoms with Crippen LogP contribution in [-0.2, 0) is 4.79 Å². The highest BCUT2D eigenvalue weighted by Crippen LogP contribution is 2.34. The first-order chi connectivity index (χ1) is 13.0. The summed E-state index contributed by atoms with van der Waals surface area (Å²) in [7, 11) is 0. The van der Waals surface area contributed by atoms with Crippen LogP contribution in [0.25, 0.3) is 0 Å². The second-order valence-electron chi connectivity index (χ2n) is 6.78. The average molecular weight is 374 g/mol. The van der Waals surface area contributed by atoms with E-state index in [0.29, 0.717) is 24.6 Å². The zero-order chi connectivity index (χ0) is 19.0. The third-order valence-electron chi connectivity index (χ3n) is 4.81. The van der Waals surface area contributed by atoms with E-state index in [-0.39, 0.29) is 11.4 Å². The number of anilines is 2. The van der Waals surface area contributed by atoms with E-state index in [1.165, 1.54) is 0 Å². The average Bonchev–Trinajstić information content (AvgIpc) is 3.14. The molecule has 5 nitrogen and oxygen atoms in total. The topological polar surface area (TPSA) is 50.8 Å². The number of rotatable bonds is 3. The number of amides is 1. The quantitative estimate of drug-likeness (QED) is 0.890. The van der Waals surface area contributed by atoms with Crippen LogP contribution in [0.2, 0.25) is 0 Å². The van der Waals surface area contributed by atoms with Crippen molar-refractivity contribution in [3.8, 4) is 11.5 Å². The van der Waals surface area contributed by atoms with Gasteiger partial charge in [-0.15, -0.1) is 0 Å². The Balaban J connectivity index is 1.51. The molecule has 0 saturated carbocycles. The molecule has 4 rings (SSSR count). The molecule has 0 aliphatic carbocycles. The predicted molar refractivity (Wildman–Crippen MR) is 97.4 cm³/mol. The molecule has 0 radical (unpaired) electrons. The normalized spacial score (nSPS) is 21.2. The number of hydrogen-bond donors (Lipinski definition) is 1. The summed E-state index contributed by atoms with van der Waals surface area (Å²) < 4.78 is 40.3. The molecule has 7 heteroatoms. The van der Waals surface area contributed by atoms with Gasteiger partial charge in [-0.2, -0.15) is 0 Å². The molecular weight excluding hydrogens is 354 g/mol. The number of halogens is 2. The molecular formula is C20H20F2N2O3. The Labute approximate surface area is 155 Å². The third kappa shape index (κ3) is 3.41. The fourth-order valence-electron chi connectivity index (χ4n) is 3.50. The lowest BCUT2D eigenvalue weighted by molar-refractivity contribution is -0.128. The summed E-state index contributed by atoms with van der Waals surface area (Å²) in [6.07, 6.45) is 0.355. The molecule has 0 spiro atoms. The van der Waals surface area contributed by atoms with Crippen LogP contribution in [0.5, 0.6) is 11.5 Å². The third-order valence-corrected chi connectivity index (χ3v) is 4.81. The van der Waals surface area contributed by atoms with Gasteiger partial charge < -0.3 is 19.7 Å². The van der Waals surface area contributed by atoms with E-state index in [4.69, 9.17) is 9.47 Å². The number of benzene rings is 2. The largest absolute Gasteiger partial charge is 0.482 e. The van der Waals surface area contributed by atoms with Crippen LogP contribution < -0.4 is 19.7 Å². The highest BCUT2D eigenvalue weighted by molar-refractivity contribution is 5.95. The molecule has 2 aromatic rings. The van der Waals surface area contributed by atoms with Crippen molar-refractivity contribution in [3.63, 3.8) is 0 Å². The van der Waals surface area contributed by atoms with Crippen LogP contribution in [0.3, 0.4) is 0 Å². The number of carbonyl (C=O) groups excluding carboxylic acids is 1. The Morgan fingerprint density at radius 3 is 2.30 bits per heavy atom. The van der Waals surface area contributed by atoms with Crippen molar-refractivity contribution in [2.45, 2.75) is 32.0 Å². The molecule has 0 aromatic heterocycles. The molecule has 1 saturated heterocycles. The van der Waals surface area contributed by atoms with E-state index < -0.39 is 29.7 Å². The summed E-state index contributed by atoms with van der Waals surface area (Å²) >= 11 is 0. The maximum absolute atomic E-state index is 14.4. The van der Waals surface area contributed by atoms with Gasteiger partial charge in [-0.3, -0.25) is 4.79 Å². The van der Waals surface area contributed by atoms with Gasteiger partial charge in [0.25, 0.3) is 5.91 Å². The maximum atomic E-state index is 14.4. The van der Waals surface area contributed by atoms with Crippen molar-refractivity contribution < 1.29 is 23.0 Å². The zero-order valence-electron chi connectivity index (χ0n) is 14.9. The van der Waals surface area contributed by atoms with Crippen molar-refractivity contribution >= 4 is 17.3 Å². The standard InChI is InChI=1S/C20H20F2N2O3/c1-12-19(27-17-7-3-2-6-16(17)26-12)20(25)23-13-10-14(21)18(15(22)11-13)24-8-4-5-9-24/h2-3,6-7,10-12,19H,4-5,8-9H2,1H3,(H,23,25)/t12-,19-/m0/s1. The monoisotopic (exact) mass is 374 g/mol. The lowest BCUT2D eigenvalue weighted by Gasteiger charge is -2.31. The van der Waals surface area contributed by atoms with Crippen molar-refractivity contribution in [1.82, 2.24) is 0 Å². The van der Waals surface area contributed by atoms with Crippen LogP contribution in [0, 0.1) is 11.6 Å². The number of fused-ring (bicyclic) bond motifs is 1. The van der Waals surface area contributed by atoms with Crippen molar-refractivity contribution in [3.05, 3.63) is 48.0 Å². The van der Waals surface area contributed by atoms with Crippen molar-refractivity contribution in [2.24, 2.45) is 0 Å². The van der Waals surface area contributed by atoms with E-state index in [1.807, 2.05) is 6.07 Å². The number of carbonyl (C=O) groups is 1. The van der Waals surface area contributed by atoms with Gasteiger partial charge in [0.1, 0.15) is 11.8 Å². The van der Waals surface area contributed by atoms with Crippen LogP contribution in [0.4, 0.5) is 20.2 Å². The van der Waals surface area contributed by atoms with Gasteiger partial charge >= 0.3 is 0 Å². The molecule has 1 fully saturated rings. The van der Waals surface area contributed by atoms with Crippen LogP contribution >= 0.6 is 0 Å². The molecule has 2 aromatic carbocycles. The molecule has 2 atom stereocenters. The van der Waals surface area contributed by atoms with Gasteiger partial charge in [-0.25, -0.2) is 8.78 Å². The van der Waals surface area contributed by atoms with Crippen molar-refractivity contribution in [1.29, 1.82) is 0 Å². The summed E-state index contributed by atoms with van der Waals surface area (Å²) in [6, 6.07) is 9.30. The molecule has 1 N–H and O–H groups in total. The Hall–Kier alpha value is -2.83. The van der Waals surface area contributed by atoms with E-state index >= 15 is 0 Å². The van der Waals surface area contributed by atoms with Gasteiger partial charge in [-0.1, -0.05) is 12.1 Å². The van der Waals surface area contributed by atoms with Gasteiger partial charge in [0.15, 0.2) is 23.1 Å². The number of ether oxygens (including phenoxy) is 2. The maximum Gasteiger partial charge on any atom is 0.269 e. The molecule has 27 heavy (non-hydrogen) atoms. The molecule has 1 amide bonds. The fourth-order valence-corrected chi connectivity index (χ4v) is 3.50. The van der Waals surface area contributed by atoms with Gasteiger partial charge in [0.05, 0.1) is 0 Å². The predicted octanol–water partition coefficient (Wildman–Crippen LogP) is 3.73. The Morgan fingerprint density at radius 1 is 1.07 bits per heavy atom. The summed E-state index contributed by atoms with van der Waals surface area (Å²) in [4.78, 5) is 14.3. The van der Waals surface area contributed by atoms with Gasteiger partial charge in [-0.05, 0) is 44.0 Å². The highest BCUT2D eigenvalue weighted by atomic mass is 19.1. The lowest BCUT2D eigenvalue weighted by Crippen LogP contribution is -2.46. The minimum atomic E-state index is -0.927. The Morgan fingerprint density at radius 2 is 1.67 bits per heavy atom. The highest BCUT2D eigenvalue weighted by Gasteiger charge is 2.34. The van der Waals surface area contributed by atoms with Crippen LogP contribution in [-0.4, -0.2) is 31.2 Å². The van der Waals surface area contributed by atoms with Crippen molar-refractivity contribution in [2.75, 3.05) is 23.3 Å². The minimum Gasteiger partial charge on any atom is -0.482 e. The SMILES string of the molecule is C[C@@H]1Oc2ccccc2O[C@@H]1C(=O)Nc1cc(F)c(N2CCCC2)c(F)c1. The van der Waals surface area contributed by atoms with E-state index in [0.717, 1.165) is 25.0 Å². The number of hydrogen-bond acceptors (Lipinski definition) is 4. The fraction of sp³-hybridized carbons (Fsp3) is 0.350. The zero-order valence-corrected chi connectivity index (χ0v) is 14.9. The summed E-state index contributed by atoms with van der Waals surface area (Å²) in [5, 5.41) is 2.53. The molecule has 2 aliphatic heterocycles. The van der Waals surface area contributed by atoms with Crippen LogP contribution in [0.15, 0.2) is 36.4 Å². The molecule has 0 bridgehead atoms. The van der Waals surface area contributed by atoms with E-state index in [1.54, 1.807) is 30.0 Å². The van der Waals surface area contributed by atoms with Crippen LogP contribution in [0.1, 0.15) is 19.8 Å². The summed E-state index contributed by atoms with van der Waals surface area (Å²) in [5.41, 5.74) is 0.0117. The minimum absolute atomic E-state index is 0.0370. The van der Waals surface area contributed by atoms with E-state index in [9.17, 15) is 13.6 Å². The molecule has 2 aliphatic rings. The molecule has 2 heterocycles. The second-order valence-corrected chi connectivity index (χ2v) is 6.78. The van der Waals surface area contributed by atoms with E-state index in [2.05, 4.69) is 5.32 Å². The molecule has 142 valence electrons. The Bertz CT molecular complexity index is 845. The van der Waals surface area contributed by atoms with Gasteiger partial charge in [0, 0.05) is 18.8 Å². The smallest absolute Gasteiger partial charge is 0.269 e. The summed E-state index contributed by atoms with van der Waals surface area (Å²) in [5.74, 6) is -0.888.